The Morgan fingerprint density at radius 1 is 0.288 bits per heavy atom. The predicted octanol–water partition coefficient (Wildman–Crippen LogP) is 20.2. The van der Waals surface area contributed by atoms with Crippen molar-refractivity contribution in [1.29, 1.82) is 0 Å². The van der Waals surface area contributed by atoms with Gasteiger partial charge in [0.05, 0.1) is 0 Å². The van der Waals surface area contributed by atoms with Crippen molar-refractivity contribution in [3.05, 3.63) is 134 Å². The number of allylic oxidation sites excluding steroid dienone is 22. The highest BCUT2D eigenvalue weighted by atomic mass is 16.6. The second kappa shape index (κ2) is 60.1. The molecule has 0 radical (unpaired) electrons. The number of hydrogen-bond acceptors (Lipinski definition) is 6. The molecular formula is C67H108O6. The first-order valence-electron chi connectivity index (χ1n) is 29.7. The maximum atomic E-state index is 12.9. The van der Waals surface area contributed by atoms with Gasteiger partial charge < -0.3 is 14.2 Å². The van der Waals surface area contributed by atoms with Gasteiger partial charge in [0, 0.05) is 19.3 Å². The molecule has 0 saturated heterocycles. The number of unbranched alkanes of at least 4 members (excludes halogenated alkanes) is 19. The summed E-state index contributed by atoms with van der Waals surface area (Å²) in [5.41, 5.74) is 0. The highest BCUT2D eigenvalue weighted by Crippen LogP contribution is 2.14. The van der Waals surface area contributed by atoms with Crippen molar-refractivity contribution >= 4 is 17.9 Å². The van der Waals surface area contributed by atoms with E-state index in [1.807, 2.05) is 6.08 Å². The zero-order valence-corrected chi connectivity index (χ0v) is 47.1. The molecule has 0 rings (SSSR count). The van der Waals surface area contributed by atoms with Gasteiger partial charge in [-0.15, -0.1) is 0 Å². The number of rotatable bonds is 52. The van der Waals surface area contributed by atoms with Crippen LogP contribution in [0.3, 0.4) is 0 Å². The van der Waals surface area contributed by atoms with Gasteiger partial charge in [-0.1, -0.05) is 238 Å². The summed E-state index contributed by atoms with van der Waals surface area (Å²) in [5.74, 6) is -1.03. The minimum atomic E-state index is -0.826. The molecule has 0 fully saturated rings. The molecule has 0 N–H and O–H groups in total. The van der Waals surface area contributed by atoms with Gasteiger partial charge in [0.1, 0.15) is 13.2 Å². The highest BCUT2D eigenvalue weighted by Gasteiger charge is 2.19. The molecule has 0 unspecified atom stereocenters. The number of carbonyl (C=O) groups is 3. The van der Waals surface area contributed by atoms with Crippen LogP contribution in [-0.4, -0.2) is 37.2 Å². The van der Waals surface area contributed by atoms with Crippen molar-refractivity contribution in [3.8, 4) is 0 Å². The second-order valence-electron chi connectivity index (χ2n) is 19.2. The monoisotopic (exact) mass is 1010 g/mol. The van der Waals surface area contributed by atoms with E-state index in [4.69, 9.17) is 14.2 Å². The number of esters is 3. The molecule has 0 heterocycles. The average Bonchev–Trinajstić information content (AvgIpc) is 3.39. The number of hydrogen-bond donors (Lipinski definition) is 0. The lowest BCUT2D eigenvalue weighted by Gasteiger charge is -2.18. The van der Waals surface area contributed by atoms with Gasteiger partial charge in [-0.2, -0.15) is 0 Å². The summed E-state index contributed by atoms with van der Waals surface area (Å²) in [7, 11) is 0. The van der Waals surface area contributed by atoms with E-state index in [1.54, 1.807) is 0 Å². The van der Waals surface area contributed by atoms with Gasteiger partial charge in [0.25, 0.3) is 0 Å². The van der Waals surface area contributed by atoms with Gasteiger partial charge in [0.2, 0.25) is 0 Å². The Balaban J connectivity index is 4.56. The molecule has 0 aromatic rings. The Bertz CT molecular complexity index is 1580. The van der Waals surface area contributed by atoms with Crippen LogP contribution < -0.4 is 0 Å². The number of ether oxygens (including phenoxy) is 3. The molecule has 0 spiro atoms. The third-order valence-corrected chi connectivity index (χ3v) is 12.1. The van der Waals surface area contributed by atoms with E-state index < -0.39 is 6.10 Å². The lowest BCUT2D eigenvalue weighted by molar-refractivity contribution is -0.166. The smallest absolute Gasteiger partial charge is 0.306 e. The normalized spacial score (nSPS) is 13.1. The van der Waals surface area contributed by atoms with Crippen LogP contribution in [0.15, 0.2) is 134 Å². The quantitative estimate of drug-likeness (QED) is 0.0261. The summed E-state index contributed by atoms with van der Waals surface area (Å²) in [5, 5.41) is 0. The zero-order valence-electron chi connectivity index (χ0n) is 47.1. The molecule has 0 aliphatic rings. The van der Waals surface area contributed by atoms with Crippen molar-refractivity contribution < 1.29 is 28.6 Å². The van der Waals surface area contributed by atoms with Crippen LogP contribution in [-0.2, 0) is 28.6 Å². The molecule has 1 atom stereocenters. The molecule has 73 heavy (non-hydrogen) atoms. The fraction of sp³-hybridized carbons (Fsp3) is 0.627. The molecule has 0 aromatic heterocycles. The maximum Gasteiger partial charge on any atom is 0.306 e. The van der Waals surface area contributed by atoms with Crippen LogP contribution in [0.1, 0.15) is 252 Å². The topological polar surface area (TPSA) is 78.9 Å². The standard InChI is InChI=1S/C67H108O6/c1-4-7-10-13-16-19-22-25-28-31-33-36-39-42-45-48-51-54-57-60-66(69)72-63-64(62-71-65(68)59-56-53-50-47-44-41-38-35-30-27-24-21-18-15-12-9-6-3)73-67(70)61-58-55-52-49-46-43-40-37-34-32-29-26-23-20-17-14-11-8-5-2/h7,10,16-21,25-30,33,36,38,41-42,45,51,54,64H,4-6,8-9,11-15,22-24,31-32,34-35,37,39-40,43-44,46-50,52-53,55-63H2,1-3H3/b10-7-,19-16-,20-17-,21-18-,28-25-,29-26-,30-27-,36-33-,41-38-,45-42-,54-51-/t64-/m0/s1. The molecule has 6 nitrogen and oxygen atoms in total. The van der Waals surface area contributed by atoms with Crippen LogP contribution in [0.2, 0.25) is 0 Å². The summed E-state index contributed by atoms with van der Waals surface area (Å²) in [6.07, 6.45) is 84.5. The lowest BCUT2D eigenvalue weighted by Crippen LogP contribution is -2.30. The Morgan fingerprint density at radius 3 is 0.918 bits per heavy atom. The summed E-state index contributed by atoms with van der Waals surface area (Å²) < 4.78 is 16.8. The lowest BCUT2D eigenvalue weighted by atomic mass is 10.1. The van der Waals surface area contributed by atoms with Crippen molar-refractivity contribution in [1.82, 2.24) is 0 Å². The summed E-state index contributed by atoms with van der Waals surface area (Å²) >= 11 is 0. The third-order valence-electron chi connectivity index (χ3n) is 12.1. The van der Waals surface area contributed by atoms with Gasteiger partial charge in [0.15, 0.2) is 6.10 Å². The van der Waals surface area contributed by atoms with E-state index >= 15 is 0 Å². The molecule has 0 bridgehead atoms. The Morgan fingerprint density at radius 2 is 0.562 bits per heavy atom. The molecule has 412 valence electrons. The molecule has 0 amide bonds. The highest BCUT2D eigenvalue weighted by molar-refractivity contribution is 5.71. The van der Waals surface area contributed by atoms with Gasteiger partial charge in [-0.3, -0.25) is 14.4 Å². The second-order valence-corrected chi connectivity index (χ2v) is 19.2. The molecule has 0 aliphatic carbocycles. The van der Waals surface area contributed by atoms with E-state index in [0.29, 0.717) is 19.3 Å². The summed E-state index contributed by atoms with van der Waals surface area (Å²) in [6, 6.07) is 0. The van der Waals surface area contributed by atoms with Crippen LogP contribution in [0.25, 0.3) is 0 Å². The summed E-state index contributed by atoms with van der Waals surface area (Å²) in [4.78, 5) is 38.2. The zero-order chi connectivity index (χ0) is 52.9. The van der Waals surface area contributed by atoms with Gasteiger partial charge in [-0.05, 0) is 128 Å². The first kappa shape index (κ1) is 68.6. The van der Waals surface area contributed by atoms with Crippen molar-refractivity contribution in [2.75, 3.05) is 13.2 Å². The molecule has 0 saturated carbocycles. The molecule has 6 heteroatoms. The first-order valence-corrected chi connectivity index (χ1v) is 29.7. The van der Waals surface area contributed by atoms with E-state index in [0.717, 1.165) is 109 Å². The SMILES string of the molecule is CC/C=C\C/C=C\C/C=C\C/C=C\C/C=C\C/C=C\CCC(=O)OC[C@H](COC(=O)CCCCCC/C=C\C/C=C\C/C=C\CCCCC)OC(=O)CCCCCCCCCCC/C=C\C/C=C\CCCCC. The van der Waals surface area contributed by atoms with Gasteiger partial charge >= 0.3 is 17.9 Å². The fourth-order valence-corrected chi connectivity index (χ4v) is 7.68. The minimum Gasteiger partial charge on any atom is -0.462 e. The third kappa shape index (κ3) is 58.3. The molecule has 0 aliphatic heterocycles. The number of carbonyl (C=O) groups excluding carboxylic acids is 3. The van der Waals surface area contributed by atoms with E-state index in [-0.39, 0.29) is 37.5 Å². The van der Waals surface area contributed by atoms with Gasteiger partial charge in [-0.25, -0.2) is 0 Å². The Hall–Kier alpha value is -4.45. The van der Waals surface area contributed by atoms with Crippen molar-refractivity contribution in [2.45, 2.75) is 258 Å². The van der Waals surface area contributed by atoms with Crippen molar-refractivity contribution in [2.24, 2.45) is 0 Å². The Labute approximate surface area is 449 Å². The largest absolute Gasteiger partial charge is 0.462 e. The Kier molecular flexibility index (Phi) is 56.4. The van der Waals surface area contributed by atoms with Crippen LogP contribution in [0, 0.1) is 0 Å². The molecular weight excluding hydrogens is 901 g/mol. The van der Waals surface area contributed by atoms with Crippen molar-refractivity contribution in [3.63, 3.8) is 0 Å². The minimum absolute atomic E-state index is 0.119. The summed E-state index contributed by atoms with van der Waals surface area (Å²) in [6.45, 7) is 6.38. The van der Waals surface area contributed by atoms with Crippen LogP contribution in [0.5, 0.6) is 0 Å². The average molecular weight is 1010 g/mol. The van der Waals surface area contributed by atoms with E-state index in [2.05, 4.69) is 148 Å². The van der Waals surface area contributed by atoms with E-state index in [9.17, 15) is 14.4 Å². The fourth-order valence-electron chi connectivity index (χ4n) is 7.68. The predicted molar refractivity (Wildman–Crippen MR) is 316 cm³/mol. The molecule has 0 aromatic carbocycles. The maximum absolute atomic E-state index is 12.9. The van der Waals surface area contributed by atoms with Crippen LogP contribution >= 0.6 is 0 Å². The first-order chi connectivity index (χ1) is 36.0. The van der Waals surface area contributed by atoms with Crippen LogP contribution in [0.4, 0.5) is 0 Å². The van der Waals surface area contributed by atoms with E-state index in [1.165, 1.54) is 96.3 Å².